The number of aliphatic carboxylic acids is 1. The van der Waals surface area contributed by atoms with E-state index in [9.17, 15) is 9.90 Å². The number of carbonyl (C=O) groups is 1. The average molecular weight is 230 g/mol. The van der Waals surface area contributed by atoms with Gasteiger partial charge < -0.3 is 10.2 Å². The zero-order valence-corrected chi connectivity index (χ0v) is 10.7. The first-order valence-electron chi connectivity index (χ1n) is 6.42. The minimum atomic E-state index is -1.03. The minimum Gasteiger partial charge on any atom is -0.481 e. The molecule has 0 bridgehead atoms. The maximum atomic E-state index is 10.5. The first-order valence-corrected chi connectivity index (χ1v) is 6.42. The van der Waals surface area contributed by atoms with E-state index in [1.165, 1.54) is 32.1 Å². The van der Waals surface area contributed by atoms with E-state index < -0.39 is 11.6 Å². The topological polar surface area (TPSA) is 57.5 Å². The Hall–Kier alpha value is -0.570. The molecule has 0 aromatic heterocycles. The maximum Gasteiger partial charge on any atom is 0.306 e. The van der Waals surface area contributed by atoms with Gasteiger partial charge in [-0.05, 0) is 13.3 Å². The number of hydrogen-bond acceptors (Lipinski definition) is 2. The van der Waals surface area contributed by atoms with Gasteiger partial charge in [0.2, 0.25) is 0 Å². The molecule has 16 heavy (non-hydrogen) atoms. The largest absolute Gasteiger partial charge is 0.481 e. The lowest BCUT2D eigenvalue weighted by Crippen LogP contribution is -2.27. The molecule has 1 unspecified atom stereocenters. The highest BCUT2D eigenvalue weighted by Gasteiger charge is 2.23. The molecule has 0 heterocycles. The fourth-order valence-electron chi connectivity index (χ4n) is 1.88. The van der Waals surface area contributed by atoms with Crippen LogP contribution in [0, 0.1) is 0 Å². The fourth-order valence-corrected chi connectivity index (χ4v) is 1.88. The molecule has 3 heteroatoms. The van der Waals surface area contributed by atoms with Crippen LogP contribution in [0.1, 0.15) is 71.6 Å². The highest BCUT2D eigenvalue weighted by Crippen LogP contribution is 2.19. The van der Waals surface area contributed by atoms with Crippen LogP contribution in [0.15, 0.2) is 0 Å². The molecule has 0 aliphatic heterocycles. The zero-order valence-electron chi connectivity index (χ0n) is 10.7. The van der Waals surface area contributed by atoms with Crippen LogP contribution in [-0.4, -0.2) is 21.8 Å². The lowest BCUT2D eigenvalue weighted by atomic mass is 9.94. The van der Waals surface area contributed by atoms with Crippen LogP contribution < -0.4 is 0 Å². The van der Waals surface area contributed by atoms with Crippen molar-refractivity contribution in [3.8, 4) is 0 Å². The Morgan fingerprint density at radius 3 is 2.06 bits per heavy atom. The highest BCUT2D eigenvalue weighted by molar-refractivity contribution is 5.67. The van der Waals surface area contributed by atoms with Gasteiger partial charge in [-0.1, -0.05) is 51.9 Å². The van der Waals surface area contributed by atoms with Gasteiger partial charge in [0, 0.05) is 0 Å². The molecule has 0 aromatic rings. The van der Waals surface area contributed by atoms with Crippen molar-refractivity contribution in [2.45, 2.75) is 77.2 Å². The van der Waals surface area contributed by atoms with Crippen molar-refractivity contribution < 1.29 is 15.0 Å². The van der Waals surface area contributed by atoms with Gasteiger partial charge in [0.25, 0.3) is 0 Å². The Bertz CT molecular complexity index is 188. The summed E-state index contributed by atoms with van der Waals surface area (Å²) in [7, 11) is 0. The van der Waals surface area contributed by atoms with Gasteiger partial charge in [-0.15, -0.1) is 0 Å². The van der Waals surface area contributed by atoms with Crippen molar-refractivity contribution in [1.29, 1.82) is 0 Å². The fraction of sp³-hybridized carbons (Fsp3) is 0.923. The summed E-state index contributed by atoms with van der Waals surface area (Å²) in [4.78, 5) is 10.5. The third kappa shape index (κ3) is 9.97. The van der Waals surface area contributed by atoms with E-state index in [1.807, 2.05) is 0 Å². The van der Waals surface area contributed by atoms with Crippen LogP contribution in [0.3, 0.4) is 0 Å². The minimum absolute atomic E-state index is 0.150. The van der Waals surface area contributed by atoms with Gasteiger partial charge in [-0.2, -0.15) is 0 Å². The van der Waals surface area contributed by atoms with Gasteiger partial charge in [0.1, 0.15) is 0 Å². The summed E-state index contributed by atoms with van der Waals surface area (Å²) in [6.45, 7) is 3.81. The first-order chi connectivity index (χ1) is 7.48. The molecule has 0 amide bonds. The Morgan fingerprint density at radius 1 is 1.06 bits per heavy atom. The monoisotopic (exact) mass is 230 g/mol. The molecule has 0 saturated heterocycles. The average Bonchev–Trinajstić information content (AvgIpc) is 2.14. The molecule has 2 N–H and O–H groups in total. The Balaban J connectivity index is 3.39. The summed E-state index contributed by atoms with van der Waals surface area (Å²) in [5.74, 6) is -0.923. The van der Waals surface area contributed by atoms with Crippen molar-refractivity contribution in [2.24, 2.45) is 0 Å². The van der Waals surface area contributed by atoms with Gasteiger partial charge in [-0.25, -0.2) is 0 Å². The van der Waals surface area contributed by atoms with E-state index in [4.69, 9.17) is 5.11 Å². The molecule has 1 atom stereocenters. The van der Waals surface area contributed by atoms with Gasteiger partial charge in [0.05, 0.1) is 12.0 Å². The van der Waals surface area contributed by atoms with E-state index in [1.54, 1.807) is 6.92 Å². The standard InChI is InChI=1S/C13H26O3/c1-3-4-5-6-7-8-9-10-13(2,16)11-12(14)15/h16H,3-11H2,1-2H3,(H,14,15). The molecule has 0 aromatic carbocycles. The van der Waals surface area contributed by atoms with Crippen LogP contribution in [-0.2, 0) is 4.79 Å². The molecule has 0 spiro atoms. The Labute approximate surface area is 98.9 Å². The van der Waals surface area contributed by atoms with Gasteiger partial charge >= 0.3 is 5.97 Å². The number of unbranched alkanes of at least 4 members (excludes halogenated alkanes) is 6. The summed E-state index contributed by atoms with van der Waals surface area (Å²) in [6, 6.07) is 0. The van der Waals surface area contributed by atoms with Crippen LogP contribution in [0.25, 0.3) is 0 Å². The molecule has 96 valence electrons. The van der Waals surface area contributed by atoms with E-state index in [-0.39, 0.29) is 6.42 Å². The third-order valence-electron chi connectivity index (χ3n) is 2.85. The second-order valence-electron chi connectivity index (χ2n) is 4.94. The van der Waals surface area contributed by atoms with Gasteiger partial charge in [-0.3, -0.25) is 4.79 Å². The zero-order chi connectivity index (χ0) is 12.4. The lowest BCUT2D eigenvalue weighted by molar-refractivity contribution is -0.142. The third-order valence-corrected chi connectivity index (χ3v) is 2.85. The van der Waals surface area contributed by atoms with E-state index in [2.05, 4.69) is 6.92 Å². The molecular weight excluding hydrogens is 204 g/mol. The van der Waals surface area contributed by atoms with E-state index in [0.29, 0.717) is 6.42 Å². The summed E-state index contributed by atoms with van der Waals surface area (Å²) < 4.78 is 0. The molecular formula is C13H26O3. The first kappa shape index (κ1) is 15.4. The lowest BCUT2D eigenvalue weighted by Gasteiger charge is -2.20. The summed E-state index contributed by atoms with van der Waals surface area (Å²) in [5.41, 5.74) is -1.03. The molecule has 0 saturated carbocycles. The second-order valence-corrected chi connectivity index (χ2v) is 4.94. The number of hydrogen-bond donors (Lipinski definition) is 2. The van der Waals surface area contributed by atoms with Crippen molar-refractivity contribution in [2.75, 3.05) is 0 Å². The number of rotatable bonds is 10. The smallest absolute Gasteiger partial charge is 0.306 e. The predicted octanol–water partition coefficient (Wildman–Crippen LogP) is 3.35. The van der Waals surface area contributed by atoms with Crippen LogP contribution in [0.2, 0.25) is 0 Å². The Morgan fingerprint density at radius 2 is 1.56 bits per heavy atom. The van der Waals surface area contributed by atoms with Crippen LogP contribution in [0.5, 0.6) is 0 Å². The number of carboxylic acids is 1. The summed E-state index contributed by atoms with van der Waals surface area (Å²) >= 11 is 0. The van der Waals surface area contributed by atoms with Crippen molar-refractivity contribution >= 4 is 5.97 Å². The molecule has 0 aliphatic rings. The van der Waals surface area contributed by atoms with Crippen molar-refractivity contribution in [3.63, 3.8) is 0 Å². The molecule has 3 nitrogen and oxygen atoms in total. The SMILES string of the molecule is CCCCCCCCCC(C)(O)CC(=O)O. The number of aliphatic hydroxyl groups is 1. The maximum absolute atomic E-state index is 10.5. The Kier molecular flexibility index (Phi) is 8.26. The molecule has 0 rings (SSSR count). The van der Waals surface area contributed by atoms with Crippen LogP contribution in [0.4, 0.5) is 0 Å². The predicted molar refractivity (Wildman–Crippen MR) is 65.5 cm³/mol. The number of carboxylic acid groups (broad SMARTS) is 1. The van der Waals surface area contributed by atoms with Crippen LogP contribution >= 0.6 is 0 Å². The van der Waals surface area contributed by atoms with E-state index >= 15 is 0 Å². The molecule has 0 radical (unpaired) electrons. The normalized spacial score (nSPS) is 14.7. The highest BCUT2D eigenvalue weighted by atomic mass is 16.4. The summed E-state index contributed by atoms with van der Waals surface area (Å²) in [6.07, 6.45) is 8.77. The molecule has 0 fully saturated rings. The quantitative estimate of drug-likeness (QED) is 0.566. The van der Waals surface area contributed by atoms with Crippen molar-refractivity contribution in [3.05, 3.63) is 0 Å². The summed E-state index contributed by atoms with van der Waals surface area (Å²) in [5, 5.41) is 18.3. The molecule has 0 aliphatic carbocycles. The van der Waals surface area contributed by atoms with Crippen molar-refractivity contribution in [1.82, 2.24) is 0 Å². The van der Waals surface area contributed by atoms with E-state index in [0.717, 1.165) is 12.8 Å². The second kappa shape index (κ2) is 8.57. The van der Waals surface area contributed by atoms with Gasteiger partial charge in [0.15, 0.2) is 0 Å².